The van der Waals surface area contributed by atoms with Crippen LogP contribution in [0, 0.1) is 11.6 Å². The van der Waals surface area contributed by atoms with Gasteiger partial charge in [0.1, 0.15) is 0 Å². The SMILES string of the molecule is Cn1nc(-c2ccc(F)c(F)c2)nc1N. The highest BCUT2D eigenvalue weighted by atomic mass is 19.2. The summed E-state index contributed by atoms with van der Waals surface area (Å²) >= 11 is 0. The summed E-state index contributed by atoms with van der Waals surface area (Å²) in [7, 11) is 1.62. The summed E-state index contributed by atoms with van der Waals surface area (Å²) in [6, 6.07) is 3.45. The topological polar surface area (TPSA) is 56.7 Å². The Hall–Kier alpha value is -1.98. The molecule has 0 unspecified atom stereocenters. The number of halogens is 2. The number of nitrogen functional groups attached to an aromatic ring is 1. The van der Waals surface area contributed by atoms with Gasteiger partial charge in [-0.2, -0.15) is 4.98 Å². The maximum Gasteiger partial charge on any atom is 0.218 e. The van der Waals surface area contributed by atoms with E-state index >= 15 is 0 Å². The van der Waals surface area contributed by atoms with Gasteiger partial charge in [0.05, 0.1) is 0 Å². The third-order valence-corrected chi connectivity index (χ3v) is 1.97. The maximum absolute atomic E-state index is 12.9. The molecule has 0 spiro atoms. The number of aryl methyl sites for hydroxylation is 1. The lowest BCUT2D eigenvalue weighted by atomic mass is 10.2. The summed E-state index contributed by atoms with van der Waals surface area (Å²) in [6.45, 7) is 0. The van der Waals surface area contributed by atoms with E-state index in [0.29, 0.717) is 5.56 Å². The molecule has 0 aliphatic rings. The molecule has 2 N–H and O–H groups in total. The Morgan fingerprint density at radius 1 is 1.27 bits per heavy atom. The quantitative estimate of drug-likeness (QED) is 0.772. The van der Waals surface area contributed by atoms with E-state index in [-0.39, 0.29) is 11.8 Å². The molecule has 1 aromatic carbocycles. The fourth-order valence-electron chi connectivity index (χ4n) is 1.15. The summed E-state index contributed by atoms with van der Waals surface area (Å²) in [4.78, 5) is 3.89. The summed E-state index contributed by atoms with van der Waals surface area (Å²) < 4.78 is 26.9. The van der Waals surface area contributed by atoms with E-state index in [9.17, 15) is 8.78 Å². The van der Waals surface area contributed by atoms with E-state index in [1.807, 2.05) is 0 Å². The van der Waals surface area contributed by atoms with Crippen LogP contribution in [0.3, 0.4) is 0 Å². The molecule has 0 atom stereocenters. The number of benzene rings is 1. The van der Waals surface area contributed by atoms with E-state index in [4.69, 9.17) is 5.73 Å². The smallest absolute Gasteiger partial charge is 0.218 e. The monoisotopic (exact) mass is 210 g/mol. The number of hydrogen-bond acceptors (Lipinski definition) is 3. The minimum Gasteiger partial charge on any atom is -0.368 e. The van der Waals surface area contributed by atoms with Crippen LogP contribution in [0.4, 0.5) is 14.7 Å². The molecule has 2 rings (SSSR count). The van der Waals surface area contributed by atoms with E-state index < -0.39 is 11.6 Å². The molecule has 0 amide bonds. The summed E-state index contributed by atoms with van der Waals surface area (Å²) in [5.41, 5.74) is 5.86. The van der Waals surface area contributed by atoms with Gasteiger partial charge in [-0.25, -0.2) is 13.5 Å². The van der Waals surface area contributed by atoms with Crippen LogP contribution in [0.2, 0.25) is 0 Å². The molecule has 15 heavy (non-hydrogen) atoms. The molecule has 0 saturated carbocycles. The Morgan fingerprint density at radius 3 is 2.53 bits per heavy atom. The van der Waals surface area contributed by atoms with Crippen LogP contribution in [-0.4, -0.2) is 14.8 Å². The molecule has 2 aromatic rings. The molecule has 0 saturated heterocycles. The molecule has 1 heterocycles. The molecule has 6 heteroatoms. The van der Waals surface area contributed by atoms with Crippen molar-refractivity contribution >= 4 is 5.95 Å². The number of anilines is 1. The first-order valence-corrected chi connectivity index (χ1v) is 4.20. The molecule has 0 fully saturated rings. The van der Waals surface area contributed by atoms with Gasteiger partial charge in [-0.15, -0.1) is 5.10 Å². The van der Waals surface area contributed by atoms with Crippen molar-refractivity contribution in [3.05, 3.63) is 29.8 Å². The van der Waals surface area contributed by atoms with Gasteiger partial charge in [0.2, 0.25) is 5.95 Å². The standard InChI is InChI=1S/C9H8F2N4/c1-15-9(12)13-8(14-15)5-2-3-6(10)7(11)4-5/h2-4H,1H3,(H2,12,13,14). The molecule has 78 valence electrons. The van der Waals surface area contributed by atoms with Gasteiger partial charge in [0.15, 0.2) is 17.5 Å². The van der Waals surface area contributed by atoms with E-state index in [0.717, 1.165) is 12.1 Å². The molecular weight excluding hydrogens is 202 g/mol. The molecular formula is C9H8F2N4. The van der Waals surface area contributed by atoms with E-state index in [1.165, 1.54) is 10.7 Å². The summed E-state index contributed by atoms with van der Waals surface area (Å²) in [5, 5.41) is 3.94. The van der Waals surface area contributed by atoms with Crippen molar-refractivity contribution in [1.29, 1.82) is 0 Å². The summed E-state index contributed by atoms with van der Waals surface area (Å²) in [5.74, 6) is -1.34. The van der Waals surface area contributed by atoms with Crippen molar-refractivity contribution in [2.24, 2.45) is 7.05 Å². The fourth-order valence-corrected chi connectivity index (χ4v) is 1.15. The highest BCUT2D eigenvalue weighted by Gasteiger charge is 2.09. The van der Waals surface area contributed by atoms with Gasteiger partial charge >= 0.3 is 0 Å². The highest BCUT2D eigenvalue weighted by molar-refractivity contribution is 5.55. The second-order valence-electron chi connectivity index (χ2n) is 3.05. The Kier molecular flexibility index (Phi) is 2.11. The zero-order valence-corrected chi connectivity index (χ0v) is 7.91. The Labute approximate surface area is 84.4 Å². The predicted octanol–water partition coefficient (Wildman–Crippen LogP) is 1.34. The number of hydrogen-bond donors (Lipinski definition) is 1. The lowest BCUT2D eigenvalue weighted by Gasteiger charge is -1.95. The zero-order valence-electron chi connectivity index (χ0n) is 7.91. The van der Waals surface area contributed by atoms with Crippen LogP contribution in [-0.2, 0) is 7.05 Å². The van der Waals surface area contributed by atoms with Gasteiger partial charge in [0.25, 0.3) is 0 Å². The number of nitrogens with zero attached hydrogens (tertiary/aromatic N) is 3. The largest absolute Gasteiger partial charge is 0.368 e. The average molecular weight is 210 g/mol. The first kappa shape index (κ1) is 9.57. The van der Waals surface area contributed by atoms with Crippen LogP contribution in [0.15, 0.2) is 18.2 Å². The van der Waals surface area contributed by atoms with Crippen molar-refractivity contribution in [2.75, 3.05) is 5.73 Å². The molecule has 0 aliphatic carbocycles. The molecule has 0 aliphatic heterocycles. The van der Waals surface area contributed by atoms with E-state index in [1.54, 1.807) is 7.05 Å². The van der Waals surface area contributed by atoms with Crippen LogP contribution >= 0.6 is 0 Å². The third-order valence-electron chi connectivity index (χ3n) is 1.97. The Morgan fingerprint density at radius 2 is 2.00 bits per heavy atom. The van der Waals surface area contributed by atoms with E-state index in [2.05, 4.69) is 10.1 Å². The lowest BCUT2D eigenvalue weighted by molar-refractivity contribution is 0.509. The van der Waals surface area contributed by atoms with Crippen LogP contribution in [0.5, 0.6) is 0 Å². The van der Waals surface area contributed by atoms with Gasteiger partial charge in [-0.05, 0) is 18.2 Å². The molecule has 4 nitrogen and oxygen atoms in total. The number of aromatic nitrogens is 3. The first-order valence-electron chi connectivity index (χ1n) is 4.20. The van der Waals surface area contributed by atoms with Gasteiger partial charge in [-0.1, -0.05) is 0 Å². The van der Waals surface area contributed by atoms with Crippen LogP contribution in [0.1, 0.15) is 0 Å². The first-order chi connectivity index (χ1) is 7.08. The molecule has 1 aromatic heterocycles. The van der Waals surface area contributed by atoms with Crippen molar-refractivity contribution in [2.45, 2.75) is 0 Å². The van der Waals surface area contributed by atoms with Crippen LogP contribution in [0.25, 0.3) is 11.4 Å². The van der Waals surface area contributed by atoms with Crippen molar-refractivity contribution in [3.8, 4) is 11.4 Å². The van der Waals surface area contributed by atoms with Gasteiger partial charge in [0, 0.05) is 12.6 Å². The van der Waals surface area contributed by atoms with Crippen LogP contribution < -0.4 is 5.73 Å². The molecule has 0 bridgehead atoms. The summed E-state index contributed by atoms with van der Waals surface area (Å²) in [6.07, 6.45) is 0. The second kappa shape index (κ2) is 3.30. The normalized spacial score (nSPS) is 10.6. The average Bonchev–Trinajstić information content (AvgIpc) is 2.52. The van der Waals surface area contributed by atoms with Crippen molar-refractivity contribution in [1.82, 2.24) is 14.8 Å². The Bertz CT molecular complexity index is 487. The Balaban J connectivity index is 2.49. The number of nitrogens with two attached hydrogens (primary N) is 1. The zero-order chi connectivity index (χ0) is 11.0. The minimum absolute atomic E-state index is 0.217. The lowest BCUT2D eigenvalue weighted by Crippen LogP contribution is -1.97. The van der Waals surface area contributed by atoms with Gasteiger partial charge < -0.3 is 5.73 Å². The van der Waals surface area contributed by atoms with Crippen molar-refractivity contribution in [3.63, 3.8) is 0 Å². The highest BCUT2D eigenvalue weighted by Crippen LogP contribution is 2.18. The van der Waals surface area contributed by atoms with Crippen molar-refractivity contribution < 1.29 is 8.78 Å². The van der Waals surface area contributed by atoms with Gasteiger partial charge in [-0.3, -0.25) is 0 Å². The number of rotatable bonds is 1. The fraction of sp³-hybridized carbons (Fsp3) is 0.111. The molecule has 0 radical (unpaired) electrons. The maximum atomic E-state index is 12.9. The predicted molar refractivity (Wildman–Crippen MR) is 50.8 cm³/mol. The third kappa shape index (κ3) is 1.65. The second-order valence-corrected chi connectivity index (χ2v) is 3.05. The minimum atomic E-state index is -0.932.